The fraction of sp³-hybridized carbons (Fsp3) is 0.462. The maximum Gasteiger partial charge on any atom is 0.311 e. The molecule has 102 valence electrons. The topological polar surface area (TPSA) is 79.3 Å². The van der Waals surface area contributed by atoms with Crippen LogP contribution in [0.25, 0.3) is 0 Å². The Labute approximate surface area is 116 Å². The van der Waals surface area contributed by atoms with Crippen LogP contribution in [0.3, 0.4) is 0 Å². The summed E-state index contributed by atoms with van der Waals surface area (Å²) in [6.45, 7) is 1.67. The molecule has 1 aliphatic carbocycles. The van der Waals surface area contributed by atoms with Crippen LogP contribution in [0.15, 0.2) is 18.2 Å². The predicted octanol–water partition coefficient (Wildman–Crippen LogP) is 2.11. The Balaban J connectivity index is 2.13. The molecule has 0 bridgehead atoms. The maximum atomic E-state index is 12.0. The van der Waals surface area contributed by atoms with E-state index in [1.165, 1.54) is 0 Å². The minimum atomic E-state index is -0.908. The van der Waals surface area contributed by atoms with Crippen LogP contribution >= 0.6 is 11.6 Å². The molecule has 2 rings (SSSR count). The van der Waals surface area contributed by atoms with Gasteiger partial charge in [-0.3, -0.25) is 9.59 Å². The SMILES string of the molecule is CC1(C(=O)O)CCCC1NC(=O)c1cccc(Cl)n1. The number of aliphatic carboxylic acids is 1. The number of hydrogen-bond acceptors (Lipinski definition) is 3. The minimum Gasteiger partial charge on any atom is -0.481 e. The second kappa shape index (κ2) is 5.17. The van der Waals surface area contributed by atoms with Gasteiger partial charge >= 0.3 is 5.97 Å². The average Bonchev–Trinajstić information content (AvgIpc) is 2.72. The number of carboxylic acid groups (broad SMARTS) is 1. The summed E-state index contributed by atoms with van der Waals surface area (Å²) in [6.07, 6.45) is 2.02. The number of halogens is 1. The Hall–Kier alpha value is -1.62. The monoisotopic (exact) mass is 282 g/mol. The van der Waals surface area contributed by atoms with Gasteiger partial charge in [0.05, 0.1) is 5.41 Å². The number of pyridine rings is 1. The molecule has 0 aliphatic heterocycles. The van der Waals surface area contributed by atoms with Crippen LogP contribution in [0.4, 0.5) is 0 Å². The Morgan fingerprint density at radius 3 is 2.89 bits per heavy atom. The third-order valence-corrected chi connectivity index (χ3v) is 3.91. The van der Waals surface area contributed by atoms with E-state index in [1.54, 1.807) is 25.1 Å². The van der Waals surface area contributed by atoms with E-state index in [1.807, 2.05) is 0 Å². The summed E-state index contributed by atoms with van der Waals surface area (Å²) in [5.74, 6) is -1.27. The number of carbonyl (C=O) groups is 2. The minimum absolute atomic E-state index is 0.201. The van der Waals surface area contributed by atoms with Crippen molar-refractivity contribution in [3.05, 3.63) is 29.0 Å². The summed E-state index contributed by atoms with van der Waals surface area (Å²) in [5, 5.41) is 12.3. The van der Waals surface area contributed by atoms with Gasteiger partial charge in [-0.2, -0.15) is 0 Å². The van der Waals surface area contributed by atoms with E-state index < -0.39 is 11.4 Å². The fourth-order valence-corrected chi connectivity index (χ4v) is 2.58. The van der Waals surface area contributed by atoms with Gasteiger partial charge in [-0.1, -0.05) is 24.1 Å². The number of nitrogens with one attached hydrogen (secondary N) is 1. The molecule has 5 nitrogen and oxygen atoms in total. The Bertz CT molecular complexity index is 520. The number of hydrogen-bond donors (Lipinski definition) is 2. The van der Waals surface area contributed by atoms with Crippen LogP contribution in [0.5, 0.6) is 0 Å². The van der Waals surface area contributed by atoms with Crippen molar-refractivity contribution < 1.29 is 14.7 Å². The molecule has 6 heteroatoms. The third kappa shape index (κ3) is 2.71. The van der Waals surface area contributed by atoms with Crippen molar-refractivity contribution in [2.75, 3.05) is 0 Å². The van der Waals surface area contributed by atoms with Crippen molar-refractivity contribution in [2.45, 2.75) is 32.2 Å². The number of amides is 1. The van der Waals surface area contributed by atoms with Crippen LogP contribution in [0, 0.1) is 5.41 Å². The number of carboxylic acids is 1. The Kier molecular flexibility index (Phi) is 3.75. The highest BCUT2D eigenvalue weighted by atomic mass is 35.5. The van der Waals surface area contributed by atoms with Gasteiger partial charge in [-0.05, 0) is 31.9 Å². The van der Waals surface area contributed by atoms with E-state index in [0.717, 1.165) is 6.42 Å². The third-order valence-electron chi connectivity index (χ3n) is 3.70. The highest BCUT2D eigenvalue weighted by Crippen LogP contribution is 2.38. The standard InChI is InChI=1S/C13H15ClN2O3/c1-13(12(18)19)7-3-5-9(13)16-11(17)8-4-2-6-10(14)15-8/h2,4,6,9H,3,5,7H2,1H3,(H,16,17)(H,18,19). The molecule has 1 fully saturated rings. The van der Waals surface area contributed by atoms with Crippen LogP contribution < -0.4 is 5.32 Å². The quantitative estimate of drug-likeness (QED) is 0.832. The molecule has 0 aromatic carbocycles. The number of rotatable bonds is 3. The van der Waals surface area contributed by atoms with Crippen LogP contribution in [0.2, 0.25) is 5.15 Å². The van der Waals surface area contributed by atoms with E-state index in [-0.39, 0.29) is 22.8 Å². The molecule has 0 spiro atoms. The molecule has 2 atom stereocenters. The molecular weight excluding hydrogens is 268 g/mol. The molecule has 1 heterocycles. The second-order valence-corrected chi connectivity index (χ2v) is 5.37. The molecule has 2 unspecified atom stereocenters. The zero-order valence-electron chi connectivity index (χ0n) is 10.5. The number of aromatic nitrogens is 1. The molecule has 1 aromatic rings. The van der Waals surface area contributed by atoms with Gasteiger partial charge in [0.1, 0.15) is 10.8 Å². The lowest BCUT2D eigenvalue weighted by molar-refractivity contribution is -0.148. The Morgan fingerprint density at radius 1 is 1.53 bits per heavy atom. The zero-order chi connectivity index (χ0) is 14.0. The highest BCUT2D eigenvalue weighted by Gasteiger charge is 2.46. The molecule has 1 amide bonds. The van der Waals surface area contributed by atoms with E-state index in [2.05, 4.69) is 10.3 Å². The number of carbonyl (C=O) groups excluding carboxylic acids is 1. The summed E-state index contributed by atoms with van der Waals surface area (Å²) in [5.41, 5.74) is -0.707. The molecule has 1 saturated carbocycles. The van der Waals surface area contributed by atoms with Crippen molar-refractivity contribution in [1.29, 1.82) is 0 Å². The Morgan fingerprint density at radius 2 is 2.26 bits per heavy atom. The molecule has 0 radical (unpaired) electrons. The van der Waals surface area contributed by atoms with Crippen molar-refractivity contribution >= 4 is 23.5 Å². The molecule has 19 heavy (non-hydrogen) atoms. The summed E-state index contributed by atoms with van der Waals surface area (Å²) < 4.78 is 0. The van der Waals surface area contributed by atoms with Crippen LogP contribution in [-0.2, 0) is 4.79 Å². The first-order valence-electron chi connectivity index (χ1n) is 6.10. The smallest absolute Gasteiger partial charge is 0.311 e. The highest BCUT2D eigenvalue weighted by molar-refractivity contribution is 6.29. The molecule has 2 N–H and O–H groups in total. The van der Waals surface area contributed by atoms with Gasteiger partial charge in [-0.25, -0.2) is 4.98 Å². The first-order valence-corrected chi connectivity index (χ1v) is 6.48. The van der Waals surface area contributed by atoms with E-state index in [9.17, 15) is 14.7 Å². The van der Waals surface area contributed by atoms with Gasteiger partial charge in [0.25, 0.3) is 5.91 Å². The summed E-state index contributed by atoms with van der Waals surface area (Å²) >= 11 is 5.73. The van der Waals surface area contributed by atoms with Crippen LogP contribution in [-0.4, -0.2) is 28.0 Å². The lowest BCUT2D eigenvalue weighted by Gasteiger charge is -2.27. The zero-order valence-corrected chi connectivity index (χ0v) is 11.3. The normalized spacial score (nSPS) is 26.1. The average molecular weight is 283 g/mol. The molecular formula is C13H15ClN2O3. The van der Waals surface area contributed by atoms with E-state index in [4.69, 9.17) is 11.6 Å². The summed E-state index contributed by atoms with van der Waals surface area (Å²) in [4.78, 5) is 27.3. The lowest BCUT2D eigenvalue weighted by atomic mass is 9.85. The predicted molar refractivity (Wildman–Crippen MR) is 70.1 cm³/mol. The van der Waals surface area contributed by atoms with Crippen molar-refractivity contribution in [1.82, 2.24) is 10.3 Å². The fourth-order valence-electron chi connectivity index (χ4n) is 2.42. The van der Waals surface area contributed by atoms with Crippen LogP contribution in [0.1, 0.15) is 36.7 Å². The summed E-state index contributed by atoms with van der Waals surface area (Å²) in [7, 11) is 0. The largest absolute Gasteiger partial charge is 0.481 e. The van der Waals surface area contributed by atoms with Gasteiger partial charge < -0.3 is 10.4 Å². The molecule has 1 aromatic heterocycles. The molecule has 0 saturated heterocycles. The van der Waals surface area contributed by atoms with Gasteiger partial charge in [0.2, 0.25) is 0 Å². The second-order valence-electron chi connectivity index (χ2n) is 4.99. The molecule has 1 aliphatic rings. The van der Waals surface area contributed by atoms with Crippen molar-refractivity contribution in [3.8, 4) is 0 Å². The van der Waals surface area contributed by atoms with Gasteiger partial charge in [0.15, 0.2) is 0 Å². The van der Waals surface area contributed by atoms with E-state index in [0.29, 0.717) is 12.8 Å². The van der Waals surface area contributed by atoms with Crippen molar-refractivity contribution in [2.24, 2.45) is 5.41 Å². The first kappa shape index (κ1) is 13.8. The first-order chi connectivity index (χ1) is 8.93. The van der Waals surface area contributed by atoms with E-state index >= 15 is 0 Å². The lowest BCUT2D eigenvalue weighted by Crippen LogP contribution is -2.47. The van der Waals surface area contributed by atoms with Gasteiger partial charge in [-0.15, -0.1) is 0 Å². The maximum absolute atomic E-state index is 12.0. The summed E-state index contributed by atoms with van der Waals surface area (Å²) in [6, 6.07) is 4.39. The number of nitrogens with zero attached hydrogens (tertiary/aromatic N) is 1. The van der Waals surface area contributed by atoms with Gasteiger partial charge in [0, 0.05) is 6.04 Å². The van der Waals surface area contributed by atoms with Crippen molar-refractivity contribution in [3.63, 3.8) is 0 Å².